The van der Waals surface area contributed by atoms with E-state index in [1.165, 1.54) is 12.8 Å². The molecule has 96 valence electrons. The Morgan fingerprint density at radius 2 is 2.06 bits per heavy atom. The lowest BCUT2D eigenvalue weighted by Crippen LogP contribution is -2.47. The van der Waals surface area contributed by atoms with Crippen LogP contribution in [0.1, 0.15) is 26.2 Å². The number of nitrogens with one attached hydrogen (secondary N) is 1. The molecule has 4 heteroatoms. The first-order valence-corrected chi connectivity index (χ1v) is 6.17. The molecule has 16 heavy (non-hydrogen) atoms. The van der Waals surface area contributed by atoms with E-state index in [1.54, 1.807) is 7.11 Å². The fourth-order valence-electron chi connectivity index (χ4n) is 1.99. The van der Waals surface area contributed by atoms with Crippen LogP contribution in [0.15, 0.2) is 0 Å². The number of hydrogen-bond acceptors (Lipinski definition) is 4. The average Bonchev–Trinajstić information content (AvgIpc) is 2.26. The van der Waals surface area contributed by atoms with Gasteiger partial charge in [-0.05, 0) is 39.9 Å². The van der Waals surface area contributed by atoms with Gasteiger partial charge in [0.15, 0.2) is 0 Å². The van der Waals surface area contributed by atoms with Crippen molar-refractivity contribution in [2.45, 2.75) is 37.8 Å². The van der Waals surface area contributed by atoms with Crippen LogP contribution in [0.2, 0.25) is 0 Å². The number of piperidine rings is 1. The Labute approximate surface area is 99.0 Å². The molecule has 4 nitrogen and oxygen atoms in total. The Morgan fingerprint density at radius 3 is 2.62 bits per heavy atom. The normalized spacial score (nSPS) is 23.2. The van der Waals surface area contributed by atoms with Gasteiger partial charge in [-0.15, -0.1) is 0 Å². The van der Waals surface area contributed by atoms with Crippen molar-refractivity contribution in [1.82, 2.24) is 10.2 Å². The van der Waals surface area contributed by atoms with Crippen molar-refractivity contribution in [1.29, 1.82) is 0 Å². The van der Waals surface area contributed by atoms with Crippen molar-refractivity contribution < 1.29 is 9.84 Å². The van der Waals surface area contributed by atoms with Gasteiger partial charge < -0.3 is 20.1 Å². The third kappa shape index (κ3) is 5.25. The van der Waals surface area contributed by atoms with Gasteiger partial charge in [-0.1, -0.05) is 0 Å². The summed E-state index contributed by atoms with van der Waals surface area (Å²) in [7, 11) is 3.82. The minimum Gasteiger partial charge on any atom is -0.389 e. The summed E-state index contributed by atoms with van der Waals surface area (Å²) < 4.78 is 4.99. The van der Waals surface area contributed by atoms with Crippen LogP contribution in [-0.4, -0.2) is 62.0 Å². The largest absolute Gasteiger partial charge is 0.389 e. The van der Waals surface area contributed by atoms with E-state index in [-0.39, 0.29) is 0 Å². The van der Waals surface area contributed by atoms with Gasteiger partial charge in [0.2, 0.25) is 0 Å². The molecule has 0 aromatic heterocycles. The second kappa shape index (κ2) is 6.55. The Bertz CT molecular complexity index is 189. The van der Waals surface area contributed by atoms with Gasteiger partial charge in [-0.3, -0.25) is 0 Å². The smallest absolute Gasteiger partial charge is 0.0765 e. The van der Waals surface area contributed by atoms with E-state index in [4.69, 9.17) is 4.74 Å². The maximum absolute atomic E-state index is 10.1. The van der Waals surface area contributed by atoms with Gasteiger partial charge in [-0.2, -0.15) is 0 Å². The topological polar surface area (TPSA) is 44.7 Å². The van der Waals surface area contributed by atoms with Crippen LogP contribution >= 0.6 is 0 Å². The highest BCUT2D eigenvalue weighted by Crippen LogP contribution is 2.12. The first-order valence-electron chi connectivity index (χ1n) is 6.17. The molecule has 1 aliphatic heterocycles. The van der Waals surface area contributed by atoms with Gasteiger partial charge in [0.05, 0.1) is 5.60 Å². The van der Waals surface area contributed by atoms with E-state index >= 15 is 0 Å². The van der Waals surface area contributed by atoms with E-state index in [1.807, 2.05) is 6.92 Å². The standard InChI is InChI=1S/C12H26N2O2/c1-12(15,6-9-16-3)10-13-11-4-7-14(2)8-5-11/h11,13,15H,4-10H2,1-3H3. The summed E-state index contributed by atoms with van der Waals surface area (Å²) in [6.45, 7) is 5.44. The second-order valence-electron chi connectivity index (χ2n) is 5.20. The van der Waals surface area contributed by atoms with Crippen molar-refractivity contribution in [3.63, 3.8) is 0 Å². The van der Waals surface area contributed by atoms with Gasteiger partial charge in [-0.25, -0.2) is 0 Å². The van der Waals surface area contributed by atoms with E-state index in [0.717, 1.165) is 13.1 Å². The lowest BCUT2D eigenvalue weighted by atomic mass is 10.0. The molecule has 1 rings (SSSR count). The summed E-state index contributed by atoms with van der Waals surface area (Å²) >= 11 is 0. The van der Waals surface area contributed by atoms with Gasteiger partial charge >= 0.3 is 0 Å². The van der Waals surface area contributed by atoms with Crippen LogP contribution in [-0.2, 0) is 4.74 Å². The maximum Gasteiger partial charge on any atom is 0.0765 e. The molecular formula is C12H26N2O2. The molecule has 1 unspecified atom stereocenters. The number of methoxy groups -OCH3 is 1. The maximum atomic E-state index is 10.1. The van der Waals surface area contributed by atoms with Crippen molar-refractivity contribution >= 4 is 0 Å². The molecule has 1 aliphatic rings. The van der Waals surface area contributed by atoms with Crippen molar-refractivity contribution in [3.05, 3.63) is 0 Å². The highest BCUT2D eigenvalue weighted by Gasteiger charge is 2.23. The molecule has 0 aliphatic carbocycles. The lowest BCUT2D eigenvalue weighted by Gasteiger charge is -2.32. The fourth-order valence-corrected chi connectivity index (χ4v) is 1.99. The zero-order valence-corrected chi connectivity index (χ0v) is 10.8. The number of aliphatic hydroxyl groups is 1. The zero-order chi connectivity index (χ0) is 12.0. The highest BCUT2D eigenvalue weighted by molar-refractivity contribution is 4.81. The molecule has 1 atom stereocenters. The van der Waals surface area contributed by atoms with Crippen LogP contribution < -0.4 is 5.32 Å². The summed E-state index contributed by atoms with van der Waals surface area (Å²) in [5.74, 6) is 0. The molecule has 1 heterocycles. The van der Waals surface area contributed by atoms with Gasteiger partial charge in [0, 0.05) is 32.7 Å². The van der Waals surface area contributed by atoms with Crippen LogP contribution in [0.3, 0.4) is 0 Å². The summed E-state index contributed by atoms with van der Waals surface area (Å²) in [6, 6.07) is 0.560. The van der Waals surface area contributed by atoms with Crippen LogP contribution in [0.25, 0.3) is 0 Å². The SMILES string of the molecule is COCCC(C)(O)CNC1CCN(C)CC1. The second-order valence-corrected chi connectivity index (χ2v) is 5.20. The Morgan fingerprint density at radius 1 is 1.44 bits per heavy atom. The van der Waals surface area contributed by atoms with Crippen LogP contribution in [0, 0.1) is 0 Å². The molecule has 1 saturated heterocycles. The quantitative estimate of drug-likeness (QED) is 0.696. The number of ether oxygens (including phenoxy) is 1. The molecule has 0 radical (unpaired) electrons. The lowest BCUT2D eigenvalue weighted by molar-refractivity contribution is 0.0210. The van der Waals surface area contributed by atoms with Crippen LogP contribution in [0.5, 0.6) is 0 Å². The summed E-state index contributed by atoms with van der Waals surface area (Å²) in [6.07, 6.45) is 3.04. The predicted molar refractivity (Wildman–Crippen MR) is 65.6 cm³/mol. The number of nitrogens with zero attached hydrogens (tertiary/aromatic N) is 1. The van der Waals surface area contributed by atoms with Crippen molar-refractivity contribution in [2.24, 2.45) is 0 Å². The van der Waals surface area contributed by atoms with Gasteiger partial charge in [0.25, 0.3) is 0 Å². The van der Waals surface area contributed by atoms with Crippen molar-refractivity contribution in [3.8, 4) is 0 Å². The molecular weight excluding hydrogens is 204 g/mol. The molecule has 0 aromatic carbocycles. The summed E-state index contributed by atoms with van der Waals surface area (Å²) in [5.41, 5.74) is -0.653. The zero-order valence-electron chi connectivity index (χ0n) is 10.8. The first-order chi connectivity index (χ1) is 7.53. The first kappa shape index (κ1) is 13.9. The number of likely N-dealkylation sites (tertiary alicyclic amines) is 1. The highest BCUT2D eigenvalue weighted by atomic mass is 16.5. The summed E-state index contributed by atoms with van der Waals surface area (Å²) in [4.78, 5) is 2.35. The minimum absolute atomic E-state index is 0.560. The van der Waals surface area contributed by atoms with E-state index < -0.39 is 5.60 Å². The molecule has 0 amide bonds. The minimum atomic E-state index is -0.653. The molecule has 2 N–H and O–H groups in total. The molecule has 0 spiro atoms. The summed E-state index contributed by atoms with van der Waals surface area (Å²) in [5, 5.41) is 13.5. The van der Waals surface area contributed by atoms with Gasteiger partial charge in [0.1, 0.15) is 0 Å². The van der Waals surface area contributed by atoms with E-state index in [2.05, 4.69) is 17.3 Å². The van der Waals surface area contributed by atoms with E-state index in [0.29, 0.717) is 25.6 Å². The number of rotatable bonds is 6. The monoisotopic (exact) mass is 230 g/mol. The Kier molecular flexibility index (Phi) is 5.69. The predicted octanol–water partition coefficient (Wildman–Crippen LogP) is 0.458. The third-order valence-corrected chi connectivity index (χ3v) is 3.33. The number of hydrogen-bond donors (Lipinski definition) is 2. The average molecular weight is 230 g/mol. The Balaban J connectivity index is 2.17. The molecule has 0 bridgehead atoms. The van der Waals surface area contributed by atoms with E-state index in [9.17, 15) is 5.11 Å². The molecule has 0 aromatic rings. The Hall–Kier alpha value is -0.160. The van der Waals surface area contributed by atoms with Crippen molar-refractivity contribution in [2.75, 3.05) is 40.4 Å². The third-order valence-electron chi connectivity index (χ3n) is 3.33. The fraction of sp³-hybridized carbons (Fsp3) is 1.00. The van der Waals surface area contributed by atoms with Crippen LogP contribution in [0.4, 0.5) is 0 Å². The molecule has 0 saturated carbocycles. The molecule has 1 fully saturated rings.